The van der Waals surface area contributed by atoms with Crippen molar-refractivity contribution >= 4 is 5.91 Å². The van der Waals surface area contributed by atoms with E-state index in [-0.39, 0.29) is 0 Å². The fourth-order valence-corrected chi connectivity index (χ4v) is 9.48. The summed E-state index contributed by atoms with van der Waals surface area (Å²) in [6.45, 7) is 4.08. The molecule has 0 fully saturated rings. The van der Waals surface area contributed by atoms with E-state index in [1.807, 2.05) is 0 Å². The average molecular weight is 933 g/mol. The molecule has 6 nitrogen and oxygen atoms in total. The van der Waals surface area contributed by atoms with Gasteiger partial charge in [-0.25, -0.2) is 0 Å². The molecule has 0 saturated carbocycles. The molecule has 6 heteroatoms. The fraction of sp³-hybridized carbons (Fsp3) is 0.917. The molecule has 0 aliphatic carbocycles. The standard InChI is InChI=1S/C60H117NO5/c1-3-5-7-9-11-13-15-17-19-21-23-25-26-27-28-29-30-31-32-34-36-38-40-42-44-46-48-50-52-54-58(64)60(66)61-56(55-62)59(65)57(63)53-51-49-47-45-43-41-39-37-35-33-24-22-20-18-16-14-12-10-8-6-4-2/h37,39,45,47,56-59,62-65H,3-36,38,40-44,46,48-55H2,1-2H3,(H,61,66)/b39-37+,47-45+. The molecule has 0 saturated heterocycles. The number of carbonyl (C=O) groups is 1. The van der Waals surface area contributed by atoms with Gasteiger partial charge in [-0.2, -0.15) is 0 Å². The zero-order valence-corrected chi connectivity index (χ0v) is 44.5. The zero-order chi connectivity index (χ0) is 48.1. The Morgan fingerprint density at radius 3 is 0.955 bits per heavy atom. The second-order valence-corrected chi connectivity index (χ2v) is 20.7. The smallest absolute Gasteiger partial charge is 0.249 e. The molecule has 0 bridgehead atoms. The summed E-state index contributed by atoms with van der Waals surface area (Å²) < 4.78 is 0. The molecule has 1 amide bonds. The van der Waals surface area contributed by atoms with Crippen molar-refractivity contribution in [3.8, 4) is 0 Å². The molecular weight excluding hydrogens is 815 g/mol. The van der Waals surface area contributed by atoms with Gasteiger partial charge in [0, 0.05) is 0 Å². The van der Waals surface area contributed by atoms with Crippen molar-refractivity contribution in [2.24, 2.45) is 0 Å². The topological polar surface area (TPSA) is 110 Å². The molecule has 0 aromatic carbocycles. The zero-order valence-electron chi connectivity index (χ0n) is 44.5. The molecule has 0 aromatic heterocycles. The van der Waals surface area contributed by atoms with Crippen LogP contribution in [-0.4, -0.2) is 57.3 Å². The third kappa shape index (κ3) is 47.8. The van der Waals surface area contributed by atoms with Crippen LogP contribution in [0.1, 0.15) is 322 Å². The van der Waals surface area contributed by atoms with E-state index in [2.05, 4.69) is 43.5 Å². The first-order valence-electron chi connectivity index (χ1n) is 29.7. The van der Waals surface area contributed by atoms with Crippen molar-refractivity contribution in [1.29, 1.82) is 0 Å². The van der Waals surface area contributed by atoms with E-state index in [0.717, 1.165) is 38.5 Å². The lowest BCUT2D eigenvalue weighted by molar-refractivity contribution is -0.132. The molecule has 0 aliphatic heterocycles. The predicted octanol–water partition coefficient (Wildman–Crippen LogP) is 17.4. The van der Waals surface area contributed by atoms with E-state index in [9.17, 15) is 25.2 Å². The highest BCUT2D eigenvalue weighted by Crippen LogP contribution is 2.18. The van der Waals surface area contributed by atoms with Gasteiger partial charge in [0.2, 0.25) is 5.91 Å². The minimum absolute atomic E-state index is 0.365. The Labute approximate surface area is 412 Å². The van der Waals surface area contributed by atoms with Crippen LogP contribution in [0, 0.1) is 0 Å². The van der Waals surface area contributed by atoms with Crippen LogP contribution in [0.4, 0.5) is 0 Å². The normalized spacial score (nSPS) is 13.8. The quantitative estimate of drug-likeness (QED) is 0.0308. The first-order valence-corrected chi connectivity index (χ1v) is 29.7. The van der Waals surface area contributed by atoms with Crippen molar-refractivity contribution < 1.29 is 25.2 Å². The van der Waals surface area contributed by atoms with Crippen LogP contribution < -0.4 is 5.32 Å². The molecule has 0 rings (SSSR count). The van der Waals surface area contributed by atoms with Crippen molar-refractivity contribution in [3.63, 3.8) is 0 Å². The highest BCUT2D eigenvalue weighted by atomic mass is 16.3. The Kier molecular flexibility index (Phi) is 53.7. The summed E-state index contributed by atoms with van der Waals surface area (Å²) >= 11 is 0. The van der Waals surface area contributed by atoms with Crippen LogP contribution in [0.2, 0.25) is 0 Å². The minimum atomic E-state index is -1.29. The second kappa shape index (κ2) is 54.7. The Morgan fingerprint density at radius 1 is 0.364 bits per heavy atom. The lowest BCUT2D eigenvalue weighted by atomic mass is 10.00. The van der Waals surface area contributed by atoms with E-state index < -0.39 is 36.9 Å². The highest BCUT2D eigenvalue weighted by molar-refractivity contribution is 5.80. The summed E-state index contributed by atoms with van der Waals surface area (Å²) in [5.41, 5.74) is 0. The van der Waals surface area contributed by atoms with Gasteiger partial charge < -0.3 is 25.7 Å². The monoisotopic (exact) mass is 932 g/mol. The van der Waals surface area contributed by atoms with E-state index in [0.29, 0.717) is 19.3 Å². The Morgan fingerprint density at radius 2 is 0.636 bits per heavy atom. The van der Waals surface area contributed by atoms with Crippen molar-refractivity contribution in [2.45, 2.75) is 346 Å². The summed E-state index contributed by atoms with van der Waals surface area (Å²) in [6, 6.07) is -1.01. The number of aliphatic hydroxyl groups is 4. The van der Waals surface area contributed by atoms with E-state index in [1.165, 1.54) is 250 Å². The third-order valence-electron chi connectivity index (χ3n) is 14.1. The summed E-state index contributed by atoms with van der Waals surface area (Å²) in [6.07, 6.45) is 66.9. The van der Waals surface area contributed by atoms with E-state index in [1.54, 1.807) is 0 Å². The molecule has 0 aromatic rings. The van der Waals surface area contributed by atoms with E-state index in [4.69, 9.17) is 0 Å². The lowest BCUT2D eigenvalue weighted by Gasteiger charge is -2.27. The molecule has 0 radical (unpaired) electrons. The number of hydrogen-bond donors (Lipinski definition) is 5. The molecular formula is C60H117NO5. The maximum absolute atomic E-state index is 12.6. The van der Waals surface area contributed by atoms with Gasteiger partial charge >= 0.3 is 0 Å². The highest BCUT2D eigenvalue weighted by Gasteiger charge is 2.28. The first-order chi connectivity index (χ1) is 32.5. The fourth-order valence-electron chi connectivity index (χ4n) is 9.48. The number of rotatable bonds is 55. The SMILES string of the molecule is CCCCCCCCCCCCCC/C=C/CC/C=C/CCCC(O)C(O)C(CO)NC(=O)C(O)CCCCCCCCCCCCCCCCCCCCCCCCCCCCCCC. The molecule has 4 unspecified atom stereocenters. The number of hydrogen-bond acceptors (Lipinski definition) is 5. The molecule has 5 N–H and O–H groups in total. The largest absolute Gasteiger partial charge is 0.394 e. The molecule has 0 heterocycles. The van der Waals surface area contributed by atoms with Gasteiger partial charge in [-0.15, -0.1) is 0 Å². The molecule has 392 valence electrons. The minimum Gasteiger partial charge on any atom is -0.394 e. The lowest BCUT2D eigenvalue weighted by Crippen LogP contribution is -2.53. The Hall–Kier alpha value is -1.21. The van der Waals surface area contributed by atoms with Gasteiger partial charge in [0.25, 0.3) is 0 Å². The van der Waals surface area contributed by atoms with Crippen LogP contribution in [-0.2, 0) is 4.79 Å². The van der Waals surface area contributed by atoms with Gasteiger partial charge in [-0.05, 0) is 51.4 Å². The summed E-state index contributed by atoms with van der Waals surface area (Å²) in [5, 5.41) is 44.0. The van der Waals surface area contributed by atoms with Gasteiger partial charge in [-0.1, -0.05) is 295 Å². The summed E-state index contributed by atoms with van der Waals surface area (Å²) in [7, 11) is 0. The Balaban J connectivity index is 3.61. The van der Waals surface area contributed by atoms with Crippen LogP contribution in [0.15, 0.2) is 24.3 Å². The van der Waals surface area contributed by atoms with Crippen molar-refractivity contribution in [2.75, 3.05) is 6.61 Å². The average Bonchev–Trinajstić information content (AvgIpc) is 3.32. The maximum Gasteiger partial charge on any atom is 0.249 e. The number of amides is 1. The number of allylic oxidation sites excluding steroid dienone is 4. The van der Waals surface area contributed by atoms with Crippen molar-refractivity contribution in [1.82, 2.24) is 5.32 Å². The summed E-state index contributed by atoms with van der Waals surface area (Å²) in [5.74, 6) is -0.591. The number of carbonyl (C=O) groups excluding carboxylic acids is 1. The van der Waals surface area contributed by atoms with Crippen LogP contribution in [0.3, 0.4) is 0 Å². The van der Waals surface area contributed by atoms with Crippen LogP contribution in [0.5, 0.6) is 0 Å². The number of aliphatic hydroxyl groups excluding tert-OH is 4. The van der Waals surface area contributed by atoms with Crippen LogP contribution >= 0.6 is 0 Å². The third-order valence-corrected chi connectivity index (χ3v) is 14.1. The molecule has 4 atom stereocenters. The summed E-state index contributed by atoms with van der Waals surface area (Å²) in [4.78, 5) is 12.6. The predicted molar refractivity (Wildman–Crippen MR) is 288 cm³/mol. The Bertz CT molecular complexity index is 1000. The first kappa shape index (κ1) is 64.8. The van der Waals surface area contributed by atoms with Gasteiger partial charge in [0.05, 0.1) is 18.8 Å². The van der Waals surface area contributed by atoms with Crippen LogP contribution in [0.25, 0.3) is 0 Å². The number of nitrogens with one attached hydrogen (secondary N) is 1. The van der Waals surface area contributed by atoms with Gasteiger partial charge in [0.15, 0.2) is 0 Å². The van der Waals surface area contributed by atoms with E-state index >= 15 is 0 Å². The number of unbranched alkanes of at least 4 members (excludes halogenated alkanes) is 42. The molecule has 0 aliphatic rings. The van der Waals surface area contributed by atoms with Gasteiger partial charge in [-0.3, -0.25) is 4.79 Å². The van der Waals surface area contributed by atoms with Crippen molar-refractivity contribution in [3.05, 3.63) is 24.3 Å². The maximum atomic E-state index is 12.6. The molecule has 0 spiro atoms. The second-order valence-electron chi connectivity index (χ2n) is 20.7. The van der Waals surface area contributed by atoms with Gasteiger partial charge in [0.1, 0.15) is 12.2 Å². The molecule has 66 heavy (non-hydrogen) atoms.